The van der Waals surface area contributed by atoms with Gasteiger partial charge in [-0.05, 0) is 6.07 Å². The molecule has 7 nitrogen and oxygen atoms in total. The Balaban J connectivity index is 2.24. The number of anilines is 2. The third kappa shape index (κ3) is 2.43. The molecule has 3 N–H and O–H groups in total. The summed E-state index contributed by atoms with van der Waals surface area (Å²) in [7, 11) is 0. The lowest BCUT2D eigenvalue weighted by Crippen LogP contribution is -2.13. The van der Waals surface area contributed by atoms with E-state index in [1.807, 2.05) is 0 Å². The molecular weight excluding hydrogens is 256 g/mol. The molecule has 0 aliphatic heterocycles. The molecule has 1 aromatic carbocycles. The fraction of sp³-hybridized carbons (Fsp3) is 0. The van der Waals surface area contributed by atoms with Crippen LogP contribution in [0.25, 0.3) is 0 Å². The van der Waals surface area contributed by atoms with E-state index in [0.717, 1.165) is 11.3 Å². The maximum Gasteiger partial charge on any atom is 0.292 e. The van der Waals surface area contributed by atoms with Gasteiger partial charge in [0.05, 0.1) is 4.92 Å². The number of hydrogen-bond acceptors (Lipinski definition) is 6. The molecule has 1 heterocycles. The second-order valence-corrected chi connectivity index (χ2v) is 4.19. The number of amides is 1. The molecule has 2 aromatic rings. The molecule has 8 heteroatoms. The molecule has 0 bridgehead atoms. The van der Waals surface area contributed by atoms with E-state index >= 15 is 0 Å². The molecule has 0 unspecified atom stereocenters. The fourth-order valence-electron chi connectivity index (χ4n) is 1.32. The third-order valence-corrected chi connectivity index (χ3v) is 2.78. The number of nitrogens with one attached hydrogen (secondary N) is 1. The summed E-state index contributed by atoms with van der Waals surface area (Å²) in [5, 5.41) is 14.9. The van der Waals surface area contributed by atoms with Crippen molar-refractivity contribution in [3.63, 3.8) is 0 Å². The Morgan fingerprint density at radius 1 is 1.44 bits per heavy atom. The van der Waals surface area contributed by atoms with Gasteiger partial charge in [-0.25, -0.2) is 4.98 Å². The van der Waals surface area contributed by atoms with Crippen molar-refractivity contribution in [3.05, 3.63) is 45.5 Å². The highest BCUT2D eigenvalue weighted by atomic mass is 32.1. The minimum Gasteiger partial charge on any atom is -0.375 e. The van der Waals surface area contributed by atoms with Crippen LogP contribution in [0.3, 0.4) is 0 Å². The predicted octanol–water partition coefficient (Wildman–Crippen LogP) is 1.89. The van der Waals surface area contributed by atoms with E-state index in [2.05, 4.69) is 10.3 Å². The van der Waals surface area contributed by atoms with Crippen molar-refractivity contribution in [2.24, 2.45) is 0 Å². The maximum atomic E-state index is 11.8. The van der Waals surface area contributed by atoms with E-state index in [9.17, 15) is 14.9 Å². The SMILES string of the molecule is Nc1nc(C(=O)Nc2ccccc2[N+](=O)[O-])cs1. The first-order valence-corrected chi connectivity index (χ1v) is 5.71. The van der Waals surface area contributed by atoms with Crippen LogP contribution in [0.4, 0.5) is 16.5 Å². The second-order valence-electron chi connectivity index (χ2n) is 3.30. The summed E-state index contributed by atoms with van der Waals surface area (Å²) in [6.45, 7) is 0. The summed E-state index contributed by atoms with van der Waals surface area (Å²) in [4.78, 5) is 25.8. The molecule has 1 amide bonds. The quantitative estimate of drug-likeness (QED) is 0.649. The number of para-hydroxylation sites is 2. The minimum atomic E-state index is -0.564. The number of nitrogens with two attached hydrogens (primary N) is 1. The molecule has 0 spiro atoms. The molecule has 0 radical (unpaired) electrons. The smallest absolute Gasteiger partial charge is 0.292 e. The normalized spacial score (nSPS) is 10.0. The Labute approximate surface area is 105 Å². The lowest BCUT2D eigenvalue weighted by atomic mass is 10.2. The summed E-state index contributed by atoms with van der Waals surface area (Å²) in [6.07, 6.45) is 0. The summed E-state index contributed by atoms with van der Waals surface area (Å²) >= 11 is 1.13. The molecule has 2 rings (SSSR count). The average molecular weight is 264 g/mol. The number of nitrogens with zero attached hydrogens (tertiary/aromatic N) is 2. The Morgan fingerprint density at radius 3 is 2.78 bits per heavy atom. The van der Waals surface area contributed by atoms with Crippen LogP contribution in [0.1, 0.15) is 10.5 Å². The molecule has 0 saturated heterocycles. The molecular formula is C10H8N4O3S. The van der Waals surface area contributed by atoms with E-state index in [1.165, 1.54) is 23.6 Å². The number of rotatable bonds is 3. The second kappa shape index (κ2) is 4.80. The minimum absolute atomic E-state index is 0.124. The number of thiazole rings is 1. The van der Waals surface area contributed by atoms with Gasteiger partial charge in [-0.2, -0.15) is 0 Å². The van der Waals surface area contributed by atoms with Crippen LogP contribution < -0.4 is 11.1 Å². The number of benzene rings is 1. The van der Waals surface area contributed by atoms with Crippen molar-refractivity contribution in [2.45, 2.75) is 0 Å². The molecule has 18 heavy (non-hydrogen) atoms. The van der Waals surface area contributed by atoms with Crippen molar-refractivity contribution in [1.29, 1.82) is 0 Å². The van der Waals surface area contributed by atoms with Gasteiger partial charge in [-0.15, -0.1) is 11.3 Å². The third-order valence-electron chi connectivity index (χ3n) is 2.10. The first-order valence-electron chi connectivity index (χ1n) is 4.83. The lowest BCUT2D eigenvalue weighted by molar-refractivity contribution is -0.383. The number of nitrogen functional groups attached to an aromatic ring is 1. The van der Waals surface area contributed by atoms with Crippen molar-refractivity contribution < 1.29 is 9.72 Å². The van der Waals surface area contributed by atoms with Gasteiger partial charge in [-0.1, -0.05) is 12.1 Å². The van der Waals surface area contributed by atoms with Crippen molar-refractivity contribution in [3.8, 4) is 0 Å². The zero-order valence-corrected chi connectivity index (χ0v) is 9.81. The topological polar surface area (TPSA) is 111 Å². The summed E-state index contributed by atoms with van der Waals surface area (Å²) in [5.74, 6) is -0.530. The standard InChI is InChI=1S/C10H8N4O3S/c11-10-13-7(5-18-10)9(15)12-6-3-1-2-4-8(6)14(16)17/h1-5H,(H2,11,13)(H,12,15). The lowest BCUT2D eigenvalue weighted by Gasteiger charge is -2.03. The number of aromatic nitrogens is 1. The van der Waals surface area contributed by atoms with E-state index in [-0.39, 0.29) is 22.2 Å². The van der Waals surface area contributed by atoms with Crippen molar-refractivity contribution in [2.75, 3.05) is 11.1 Å². The Hall–Kier alpha value is -2.48. The number of nitro benzene ring substituents is 1. The number of nitro groups is 1. The molecule has 92 valence electrons. The average Bonchev–Trinajstić information content (AvgIpc) is 2.76. The van der Waals surface area contributed by atoms with Gasteiger partial charge in [-0.3, -0.25) is 14.9 Å². The van der Waals surface area contributed by atoms with E-state index in [1.54, 1.807) is 6.07 Å². The van der Waals surface area contributed by atoms with Gasteiger partial charge < -0.3 is 11.1 Å². The first kappa shape index (κ1) is 12.0. The van der Waals surface area contributed by atoms with Crippen LogP contribution in [0.2, 0.25) is 0 Å². The molecule has 0 aliphatic carbocycles. The first-order chi connectivity index (χ1) is 8.58. The van der Waals surface area contributed by atoms with Crippen LogP contribution in [-0.2, 0) is 0 Å². The number of hydrogen-bond donors (Lipinski definition) is 2. The van der Waals surface area contributed by atoms with Crippen LogP contribution in [0.5, 0.6) is 0 Å². The summed E-state index contributed by atoms with van der Waals surface area (Å²) < 4.78 is 0. The van der Waals surface area contributed by atoms with Gasteiger partial charge >= 0.3 is 0 Å². The summed E-state index contributed by atoms with van der Waals surface area (Å²) in [6, 6.07) is 5.88. The zero-order chi connectivity index (χ0) is 13.1. The molecule has 1 aromatic heterocycles. The van der Waals surface area contributed by atoms with Crippen LogP contribution in [0, 0.1) is 10.1 Å². The van der Waals surface area contributed by atoms with Crippen LogP contribution in [-0.4, -0.2) is 15.8 Å². The van der Waals surface area contributed by atoms with Gasteiger partial charge in [0.1, 0.15) is 11.4 Å². The highest BCUT2D eigenvalue weighted by Crippen LogP contribution is 2.24. The van der Waals surface area contributed by atoms with Gasteiger partial charge in [0.25, 0.3) is 11.6 Å². The Bertz CT molecular complexity index is 611. The molecule has 0 aliphatic rings. The van der Waals surface area contributed by atoms with Crippen molar-refractivity contribution in [1.82, 2.24) is 4.98 Å². The van der Waals surface area contributed by atoms with Gasteiger partial charge in [0.2, 0.25) is 0 Å². The summed E-state index contributed by atoms with van der Waals surface area (Å²) in [5.41, 5.74) is 5.49. The van der Waals surface area contributed by atoms with Gasteiger partial charge in [0.15, 0.2) is 5.13 Å². The zero-order valence-electron chi connectivity index (χ0n) is 8.99. The fourth-order valence-corrected chi connectivity index (χ4v) is 1.86. The molecule has 0 saturated carbocycles. The monoisotopic (exact) mass is 264 g/mol. The molecule has 0 fully saturated rings. The largest absolute Gasteiger partial charge is 0.375 e. The van der Waals surface area contributed by atoms with E-state index < -0.39 is 10.8 Å². The predicted molar refractivity (Wildman–Crippen MR) is 67.6 cm³/mol. The van der Waals surface area contributed by atoms with Crippen LogP contribution in [0.15, 0.2) is 29.6 Å². The highest BCUT2D eigenvalue weighted by molar-refractivity contribution is 7.13. The maximum absolute atomic E-state index is 11.8. The van der Waals surface area contributed by atoms with Crippen LogP contribution >= 0.6 is 11.3 Å². The van der Waals surface area contributed by atoms with E-state index in [0.29, 0.717) is 0 Å². The number of carbonyl (C=O) groups is 1. The number of carbonyl (C=O) groups excluding carboxylic acids is 1. The molecule has 0 atom stereocenters. The highest BCUT2D eigenvalue weighted by Gasteiger charge is 2.16. The Morgan fingerprint density at radius 2 is 2.17 bits per heavy atom. The van der Waals surface area contributed by atoms with E-state index in [4.69, 9.17) is 5.73 Å². The Kier molecular flexibility index (Phi) is 3.20. The van der Waals surface area contributed by atoms with Gasteiger partial charge in [0, 0.05) is 11.4 Å². The van der Waals surface area contributed by atoms with Crippen molar-refractivity contribution >= 4 is 33.8 Å².